The molecule has 0 bridgehead atoms. The Hall–Kier alpha value is -3.43. The van der Waals surface area contributed by atoms with Crippen molar-refractivity contribution in [3.63, 3.8) is 0 Å². The molecule has 4 rings (SSSR count). The maximum Gasteiger partial charge on any atom is 0.253 e. The van der Waals surface area contributed by atoms with Gasteiger partial charge < -0.3 is 25.8 Å². The Labute approximate surface area is 257 Å². The quantitative estimate of drug-likeness (QED) is 0.293. The first-order valence-electron chi connectivity index (χ1n) is 14.0. The minimum absolute atomic E-state index is 0.00437. The average molecular weight is 611 g/mol. The Balaban J connectivity index is 1.45. The van der Waals surface area contributed by atoms with Gasteiger partial charge in [0.15, 0.2) is 5.78 Å². The highest BCUT2D eigenvalue weighted by Gasteiger charge is 2.21. The number of amides is 2. The summed E-state index contributed by atoms with van der Waals surface area (Å²) in [5, 5.41) is 4.18. The molecule has 1 heterocycles. The van der Waals surface area contributed by atoms with Crippen molar-refractivity contribution in [2.24, 2.45) is 5.73 Å². The van der Waals surface area contributed by atoms with Crippen molar-refractivity contribution in [3.8, 4) is 11.1 Å². The molecule has 1 aliphatic heterocycles. The zero-order valence-corrected chi connectivity index (χ0v) is 25.5. The minimum Gasteiger partial charge on any atom is -0.368 e. The average Bonchev–Trinajstić information content (AvgIpc) is 3.49. The summed E-state index contributed by atoms with van der Waals surface area (Å²) >= 11 is 12.2. The molecule has 1 unspecified atom stereocenters. The second-order valence-corrected chi connectivity index (χ2v) is 11.6. The molecule has 1 saturated heterocycles. The second-order valence-electron chi connectivity index (χ2n) is 10.8. The minimum atomic E-state index is -0.548. The van der Waals surface area contributed by atoms with Crippen LogP contribution in [0, 0.1) is 0 Å². The fourth-order valence-electron chi connectivity index (χ4n) is 5.10. The third kappa shape index (κ3) is 8.55. The largest absolute Gasteiger partial charge is 0.368 e. The smallest absolute Gasteiger partial charge is 0.253 e. The molecule has 10 heteroatoms. The van der Waals surface area contributed by atoms with E-state index < -0.39 is 5.91 Å². The summed E-state index contributed by atoms with van der Waals surface area (Å²) in [7, 11) is 3.48. The highest BCUT2D eigenvalue weighted by atomic mass is 35.5. The van der Waals surface area contributed by atoms with Crippen molar-refractivity contribution < 1.29 is 14.4 Å². The molecule has 222 valence electrons. The normalized spacial score (nSPS) is 14.0. The fraction of sp³-hybridized carbons (Fsp3) is 0.344. The summed E-state index contributed by atoms with van der Waals surface area (Å²) < 4.78 is 0. The van der Waals surface area contributed by atoms with Gasteiger partial charge in [-0.25, -0.2) is 0 Å². The molecule has 2 amide bonds. The van der Waals surface area contributed by atoms with E-state index in [4.69, 9.17) is 28.9 Å². The van der Waals surface area contributed by atoms with Crippen molar-refractivity contribution in [2.75, 3.05) is 58.3 Å². The lowest BCUT2D eigenvalue weighted by molar-refractivity contribution is -0.117. The number of likely N-dealkylation sites (tertiary alicyclic amines) is 1. The molecular formula is C32H37Cl2N5O3. The number of benzene rings is 3. The summed E-state index contributed by atoms with van der Waals surface area (Å²) in [4.78, 5) is 42.7. The van der Waals surface area contributed by atoms with Crippen LogP contribution >= 0.6 is 23.2 Å². The Morgan fingerprint density at radius 2 is 1.50 bits per heavy atom. The molecule has 1 fully saturated rings. The third-order valence-corrected chi connectivity index (χ3v) is 8.09. The van der Waals surface area contributed by atoms with E-state index in [-0.39, 0.29) is 37.4 Å². The molecule has 3 N–H and O–H groups in total. The first-order valence-corrected chi connectivity index (χ1v) is 14.7. The maximum atomic E-state index is 13.1. The van der Waals surface area contributed by atoms with Crippen molar-refractivity contribution >= 4 is 46.5 Å². The number of Topliss-reactive ketones (excluding diaryl/α,β-unsaturated/α-hetero) is 1. The van der Waals surface area contributed by atoms with Crippen LogP contribution in [-0.2, 0) is 9.59 Å². The number of carbonyl (C=O) groups is 3. The van der Waals surface area contributed by atoms with E-state index >= 15 is 0 Å². The molecule has 0 radical (unpaired) electrons. The van der Waals surface area contributed by atoms with Crippen LogP contribution < -0.4 is 16.0 Å². The van der Waals surface area contributed by atoms with Crippen LogP contribution in [0.5, 0.6) is 0 Å². The van der Waals surface area contributed by atoms with E-state index in [0.29, 0.717) is 21.3 Å². The van der Waals surface area contributed by atoms with Gasteiger partial charge in [0.1, 0.15) is 0 Å². The lowest BCUT2D eigenvalue weighted by atomic mass is 9.99. The molecule has 0 saturated carbocycles. The van der Waals surface area contributed by atoms with Crippen molar-refractivity contribution in [1.82, 2.24) is 15.1 Å². The van der Waals surface area contributed by atoms with Crippen LogP contribution in [-0.4, -0.2) is 80.8 Å². The number of nitrogens with one attached hydrogen (secondary N) is 1. The lowest BCUT2D eigenvalue weighted by Crippen LogP contribution is -2.42. The van der Waals surface area contributed by atoms with E-state index in [2.05, 4.69) is 34.5 Å². The Morgan fingerprint density at radius 3 is 2.07 bits per heavy atom. The highest BCUT2D eigenvalue weighted by Crippen LogP contribution is 2.28. The highest BCUT2D eigenvalue weighted by molar-refractivity contribution is 6.42. The number of nitrogens with zero attached hydrogens (tertiary/aromatic N) is 3. The zero-order chi connectivity index (χ0) is 30.2. The summed E-state index contributed by atoms with van der Waals surface area (Å²) in [6.45, 7) is 2.85. The monoisotopic (exact) mass is 609 g/mol. The van der Waals surface area contributed by atoms with Crippen molar-refractivity contribution in [2.45, 2.75) is 18.9 Å². The molecule has 0 aromatic heterocycles. The van der Waals surface area contributed by atoms with Crippen LogP contribution in [0.25, 0.3) is 11.1 Å². The number of carbonyl (C=O) groups excluding carboxylic acids is 3. The SMILES string of the molecule is CN(C)C(=O)c1ccc(-c2ccc(C(CN3CCCC3)NCC(=O)CN(CC(N)=O)c3ccc(Cl)c(Cl)c3)cc2)cc1. The topological polar surface area (TPSA) is 99.0 Å². The van der Waals surface area contributed by atoms with Gasteiger partial charge in [-0.1, -0.05) is 59.6 Å². The second kappa shape index (κ2) is 14.6. The zero-order valence-electron chi connectivity index (χ0n) is 24.0. The Kier molecular flexibility index (Phi) is 11.0. The van der Waals surface area contributed by atoms with Crippen LogP contribution in [0.3, 0.4) is 0 Å². The number of hydrogen-bond donors (Lipinski definition) is 2. The number of primary amides is 1. The maximum absolute atomic E-state index is 13.1. The van der Waals surface area contributed by atoms with Gasteiger partial charge in [-0.05, 0) is 73.0 Å². The van der Waals surface area contributed by atoms with E-state index in [9.17, 15) is 14.4 Å². The van der Waals surface area contributed by atoms with Crippen LogP contribution in [0.15, 0.2) is 66.7 Å². The van der Waals surface area contributed by atoms with E-state index in [1.165, 1.54) is 12.8 Å². The fourth-order valence-corrected chi connectivity index (χ4v) is 5.39. The Bertz CT molecular complexity index is 1390. The van der Waals surface area contributed by atoms with E-state index in [1.54, 1.807) is 42.1 Å². The van der Waals surface area contributed by atoms with Crippen molar-refractivity contribution in [1.29, 1.82) is 0 Å². The van der Waals surface area contributed by atoms with E-state index in [1.807, 2.05) is 24.3 Å². The van der Waals surface area contributed by atoms with Crippen LogP contribution in [0.4, 0.5) is 5.69 Å². The molecule has 0 aliphatic carbocycles. The number of nitrogens with two attached hydrogens (primary N) is 1. The number of rotatable bonds is 13. The van der Waals surface area contributed by atoms with Crippen LogP contribution in [0.1, 0.15) is 34.8 Å². The molecule has 1 aliphatic rings. The van der Waals surface area contributed by atoms with Gasteiger partial charge in [-0.3, -0.25) is 14.4 Å². The molecule has 3 aromatic rings. The predicted molar refractivity (Wildman–Crippen MR) is 169 cm³/mol. The van der Waals surface area contributed by atoms with Gasteiger partial charge >= 0.3 is 0 Å². The number of halogens is 2. The third-order valence-electron chi connectivity index (χ3n) is 7.35. The molecule has 0 spiro atoms. The van der Waals surface area contributed by atoms with Gasteiger partial charge in [0.25, 0.3) is 5.91 Å². The van der Waals surface area contributed by atoms with Gasteiger partial charge in [0, 0.05) is 37.9 Å². The first kappa shape index (κ1) is 31.5. The van der Waals surface area contributed by atoms with Crippen molar-refractivity contribution in [3.05, 3.63) is 87.9 Å². The number of hydrogen-bond acceptors (Lipinski definition) is 6. The molecule has 8 nitrogen and oxygen atoms in total. The van der Waals surface area contributed by atoms with Gasteiger partial charge in [-0.2, -0.15) is 0 Å². The van der Waals surface area contributed by atoms with E-state index in [0.717, 1.165) is 36.3 Å². The van der Waals surface area contributed by atoms with Gasteiger partial charge in [0.2, 0.25) is 5.91 Å². The van der Waals surface area contributed by atoms with Crippen LogP contribution in [0.2, 0.25) is 10.0 Å². The number of anilines is 1. The summed E-state index contributed by atoms with van der Waals surface area (Å²) in [5.74, 6) is -0.664. The summed E-state index contributed by atoms with van der Waals surface area (Å²) in [5.41, 5.74) is 9.85. The standard InChI is InChI=1S/C32H37Cl2N5O3/c1-37(2)32(42)25-11-7-23(8-12-25)22-5-9-24(10-6-22)30(20-38-15-3-4-16-38)36-18-27(40)19-39(21-31(35)41)26-13-14-28(33)29(34)17-26/h5-14,17,30,36H,3-4,15-16,18-21H2,1-2H3,(H2,35,41). The number of ketones is 1. The van der Waals surface area contributed by atoms with Gasteiger partial charge in [0.05, 0.1) is 29.7 Å². The summed E-state index contributed by atoms with van der Waals surface area (Å²) in [6, 6.07) is 20.8. The molecular weight excluding hydrogens is 573 g/mol. The molecule has 1 atom stereocenters. The Morgan fingerprint density at radius 1 is 0.881 bits per heavy atom. The predicted octanol–water partition coefficient (Wildman–Crippen LogP) is 4.65. The molecule has 42 heavy (non-hydrogen) atoms. The van der Waals surface area contributed by atoms with Gasteiger partial charge in [-0.15, -0.1) is 0 Å². The lowest BCUT2D eigenvalue weighted by Gasteiger charge is -2.26. The summed E-state index contributed by atoms with van der Waals surface area (Å²) in [6.07, 6.45) is 2.34. The molecule has 3 aromatic carbocycles. The first-order chi connectivity index (χ1) is 20.1.